The first kappa shape index (κ1) is 48.9. The molecule has 8 aromatic carbocycles. The largest absolute Gasteiger partial charge is 0.455 e. The lowest BCUT2D eigenvalue weighted by molar-refractivity contribution is -0.114. The molecule has 0 aliphatic heterocycles. The third kappa shape index (κ3) is 9.45. The predicted molar refractivity (Wildman–Crippen MR) is 299 cm³/mol. The van der Waals surface area contributed by atoms with Crippen molar-refractivity contribution in [1.82, 2.24) is 9.13 Å². The zero-order chi connectivity index (χ0) is 47.7. The van der Waals surface area contributed by atoms with Gasteiger partial charge in [-0.05, 0) is 120 Å². The van der Waals surface area contributed by atoms with Crippen molar-refractivity contribution < 1.29 is 13.6 Å². The van der Waals surface area contributed by atoms with Gasteiger partial charge in [0.05, 0.1) is 11.6 Å². The van der Waals surface area contributed by atoms with Crippen molar-refractivity contribution >= 4 is 102 Å². The Morgan fingerprint density at radius 3 is 1.53 bits per heavy atom. The molecule has 0 spiro atoms. The molecule has 11 heteroatoms. The van der Waals surface area contributed by atoms with Gasteiger partial charge in [0, 0.05) is 92.6 Å². The van der Waals surface area contributed by atoms with E-state index in [9.17, 15) is 10.1 Å². The highest BCUT2D eigenvalue weighted by molar-refractivity contribution is 6.11. The highest BCUT2D eigenvalue weighted by Crippen LogP contribution is 2.39. The average molecular weight is 988 g/mol. The molecule has 5 N–H and O–H groups in total. The van der Waals surface area contributed by atoms with Crippen molar-refractivity contribution in [3.8, 4) is 28.3 Å². The van der Waals surface area contributed by atoms with E-state index < -0.39 is 0 Å². The third-order valence-corrected chi connectivity index (χ3v) is 13.2. The van der Waals surface area contributed by atoms with Crippen LogP contribution in [-0.2, 0) is 30.7 Å². The van der Waals surface area contributed by atoms with Crippen molar-refractivity contribution in [1.29, 1.82) is 5.26 Å². The number of halogens is 2. The number of rotatable bonds is 11. The Balaban J connectivity index is 0.000000173. The number of amides is 1. The van der Waals surface area contributed by atoms with Crippen LogP contribution in [0.2, 0.25) is 0 Å². The summed E-state index contributed by atoms with van der Waals surface area (Å²) in [5.74, 6) is -0.0697. The third-order valence-electron chi connectivity index (χ3n) is 13.2. The van der Waals surface area contributed by atoms with Crippen LogP contribution in [0.1, 0.15) is 34.7 Å². The van der Waals surface area contributed by atoms with E-state index in [1.54, 1.807) is 0 Å². The van der Waals surface area contributed by atoms with Gasteiger partial charge < -0.3 is 34.8 Å². The van der Waals surface area contributed by atoms with Gasteiger partial charge in [-0.2, -0.15) is 5.26 Å². The minimum atomic E-state index is -0.0697. The van der Waals surface area contributed by atoms with Crippen LogP contribution in [-0.4, -0.2) is 28.1 Å². The van der Waals surface area contributed by atoms with E-state index in [0.717, 1.165) is 108 Å². The molecule has 0 atom stereocenters. The lowest BCUT2D eigenvalue weighted by atomic mass is 9.99. The number of aromatic nitrogens is 2. The fraction of sp³-hybridized carbons (Fsp3) is 0.115. The van der Waals surface area contributed by atoms with Crippen LogP contribution in [0.25, 0.3) is 87.9 Å². The number of hydrogen-bond acceptors (Lipinski definition) is 6. The topological polar surface area (TPSA) is 141 Å². The van der Waals surface area contributed by atoms with Crippen LogP contribution >= 0.6 is 24.8 Å². The molecule has 0 aliphatic rings. The van der Waals surface area contributed by atoms with Crippen LogP contribution in [0.3, 0.4) is 0 Å². The Morgan fingerprint density at radius 2 is 1.03 bits per heavy atom. The molecule has 0 aliphatic carbocycles. The maximum atomic E-state index is 11.3. The summed E-state index contributed by atoms with van der Waals surface area (Å²) in [5.41, 5.74) is 28.5. The number of nitrogens with zero attached hydrogens (tertiary/aromatic N) is 3. The maximum absolute atomic E-state index is 11.3. The predicted octanol–water partition coefficient (Wildman–Crippen LogP) is 14.2. The first-order valence-electron chi connectivity index (χ1n) is 23.7. The van der Waals surface area contributed by atoms with Gasteiger partial charge in [0.1, 0.15) is 22.3 Å². The highest BCUT2D eigenvalue weighted by Gasteiger charge is 2.17. The van der Waals surface area contributed by atoms with Gasteiger partial charge in [-0.25, -0.2) is 0 Å². The van der Waals surface area contributed by atoms with Gasteiger partial charge in [-0.15, -0.1) is 24.8 Å². The number of nitrogens with one attached hydrogen (secondary N) is 1. The number of anilines is 1. The first-order chi connectivity index (χ1) is 34.3. The second-order valence-corrected chi connectivity index (χ2v) is 17.9. The van der Waals surface area contributed by atoms with E-state index in [-0.39, 0.29) is 30.7 Å². The van der Waals surface area contributed by atoms with Crippen molar-refractivity contribution in [3.63, 3.8) is 0 Å². The fourth-order valence-electron chi connectivity index (χ4n) is 10.0. The molecule has 12 rings (SSSR count). The molecule has 0 radical (unpaired) electrons. The lowest BCUT2D eigenvalue weighted by Crippen LogP contribution is -2.06. The van der Waals surface area contributed by atoms with Crippen molar-refractivity contribution in [3.05, 3.63) is 210 Å². The average Bonchev–Trinajstić information content (AvgIpc) is 4.15. The Bertz CT molecular complexity index is 3970. The molecule has 0 saturated carbocycles. The summed E-state index contributed by atoms with van der Waals surface area (Å²) in [6.45, 7) is 4.14. The summed E-state index contributed by atoms with van der Waals surface area (Å²) >= 11 is 0. The van der Waals surface area contributed by atoms with E-state index in [1.165, 1.54) is 34.3 Å². The molecular weight excluding hydrogens is 936 g/mol. The van der Waals surface area contributed by atoms with E-state index in [1.807, 2.05) is 66.7 Å². The SMILES string of the molecule is CC(=O)Nc1ccc(Cn2cc(CCN)c3cc(-c4cccc5c4oc4ccccc45)ccc32)cc1.Cl.Cl.N#Cc1cccc(Cn2cc(CCN)c3cc(-c4cccc5c4oc4ccccc45)ccc32)c1. The number of hydrogen-bond donors (Lipinski definition) is 3. The molecule has 4 aromatic heterocycles. The fourth-order valence-corrected chi connectivity index (χ4v) is 10.0. The Labute approximate surface area is 429 Å². The Morgan fingerprint density at radius 1 is 0.542 bits per heavy atom. The summed E-state index contributed by atoms with van der Waals surface area (Å²) in [6, 6.07) is 60.3. The number of carbonyl (C=O) groups excluding carboxylic acids is 1. The van der Waals surface area contributed by atoms with Crippen molar-refractivity contribution in [2.75, 3.05) is 18.4 Å². The standard InChI is InChI=1S/C31H27N3O2.C30H23N3O.2ClH/c1-20(35)33-24-12-9-21(10-13-24)18-34-19-23(15-16-32)28-17-22(11-14-29(28)34)25-6-4-7-27-26-5-2-3-8-30(26)36-31(25)27;31-14-13-23-19-33(18-21-6-3-5-20(15-21)17-32)28-12-11-22(16-27(23)28)24-8-4-9-26-25-7-1-2-10-29(25)34-30(24)26;;/h2-14,17,19H,15-16,18,32H2,1H3,(H,33,35);1-12,15-16,19H,13-14,18,31H2;2*1H. The quantitative estimate of drug-likeness (QED) is 0.118. The number of nitriles is 1. The van der Waals surface area contributed by atoms with E-state index >= 15 is 0 Å². The molecule has 358 valence electrons. The maximum Gasteiger partial charge on any atom is 0.221 e. The molecule has 1 amide bonds. The number of nitrogens with two attached hydrogens (primary N) is 2. The highest BCUT2D eigenvalue weighted by atomic mass is 35.5. The van der Waals surface area contributed by atoms with Crippen molar-refractivity contribution in [2.45, 2.75) is 32.9 Å². The molecule has 72 heavy (non-hydrogen) atoms. The van der Waals surface area contributed by atoms with Gasteiger partial charge in [0.15, 0.2) is 0 Å². The molecule has 0 saturated heterocycles. The van der Waals surface area contributed by atoms with Crippen LogP contribution in [0.4, 0.5) is 5.69 Å². The second kappa shape index (κ2) is 21.1. The van der Waals surface area contributed by atoms with E-state index in [2.05, 4.69) is 136 Å². The molecular formula is C61H52Cl2N6O3. The Kier molecular flexibility index (Phi) is 14.3. The van der Waals surface area contributed by atoms with E-state index in [4.69, 9.17) is 20.3 Å². The second-order valence-electron chi connectivity index (χ2n) is 17.9. The van der Waals surface area contributed by atoms with Crippen LogP contribution in [0.5, 0.6) is 0 Å². The van der Waals surface area contributed by atoms with Crippen molar-refractivity contribution in [2.24, 2.45) is 11.5 Å². The van der Waals surface area contributed by atoms with Gasteiger partial charge in [-0.1, -0.05) is 109 Å². The molecule has 0 fully saturated rings. The number of benzene rings is 8. The minimum absolute atomic E-state index is 0. The van der Waals surface area contributed by atoms with Crippen LogP contribution in [0.15, 0.2) is 191 Å². The summed E-state index contributed by atoms with van der Waals surface area (Å²) in [4.78, 5) is 11.3. The van der Waals surface area contributed by atoms with Crippen LogP contribution in [0, 0.1) is 11.3 Å². The lowest BCUT2D eigenvalue weighted by Gasteiger charge is -2.09. The normalized spacial score (nSPS) is 11.1. The molecule has 0 unspecified atom stereocenters. The molecule has 12 aromatic rings. The summed E-state index contributed by atoms with van der Waals surface area (Å²) in [7, 11) is 0. The zero-order valence-corrected chi connectivity index (χ0v) is 41.2. The number of carbonyl (C=O) groups is 1. The molecule has 4 heterocycles. The van der Waals surface area contributed by atoms with Gasteiger partial charge in [0.2, 0.25) is 5.91 Å². The van der Waals surface area contributed by atoms with Gasteiger partial charge >= 0.3 is 0 Å². The zero-order valence-electron chi connectivity index (χ0n) is 39.6. The number of fused-ring (bicyclic) bond motifs is 8. The molecule has 0 bridgehead atoms. The first-order valence-corrected chi connectivity index (χ1v) is 23.7. The van der Waals surface area contributed by atoms with Gasteiger partial charge in [0.25, 0.3) is 0 Å². The number of para-hydroxylation sites is 4. The molecule has 9 nitrogen and oxygen atoms in total. The van der Waals surface area contributed by atoms with Gasteiger partial charge in [-0.3, -0.25) is 4.79 Å². The smallest absolute Gasteiger partial charge is 0.221 e. The Hall–Kier alpha value is -8.10. The monoisotopic (exact) mass is 986 g/mol. The summed E-state index contributed by atoms with van der Waals surface area (Å²) < 4.78 is 17.1. The van der Waals surface area contributed by atoms with Crippen LogP contribution < -0.4 is 16.8 Å². The summed E-state index contributed by atoms with van der Waals surface area (Å²) in [5, 5.41) is 19.0. The van der Waals surface area contributed by atoms with E-state index in [0.29, 0.717) is 25.2 Å². The minimum Gasteiger partial charge on any atom is -0.455 e. The summed E-state index contributed by atoms with van der Waals surface area (Å²) in [6.07, 6.45) is 6.02. The number of furan rings is 2.